The Bertz CT molecular complexity index is 1230. The number of hydrogen-bond acceptors (Lipinski definition) is 7. The van der Waals surface area contributed by atoms with E-state index >= 15 is 0 Å². The number of nitrogens with zero attached hydrogens (tertiary/aromatic N) is 2. The van der Waals surface area contributed by atoms with E-state index in [1.165, 1.54) is 50.8 Å². The number of ether oxygens (including phenoxy) is 3. The molecule has 12 heteroatoms. The zero-order valence-electron chi connectivity index (χ0n) is 18.4. The fraction of sp³-hybridized carbons (Fsp3) is 0.174. The van der Waals surface area contributed by atoms with Crippen molar-refractivity contribution in [2.24, 2.45) is 5.10 Å². The molecule has 2 N–H and O–H groups in total. The number of carbonyl (C=O) groups is 1. The van der Waals surface area contributed by atoms with Gasteiger partial charge in [-0.25, -0.2) is 5.43 Å². The maximum absolute atomic E-state index is 12.9. The lowest BCUT2D eigenvalue weighted by atomic mass is 10.2. The van der Waals surface area contributed by atoms with Gasteiger partial charge in [0.2, 0.25) is 5.75 Å². The smallest absolute Gasteiger partial charge is 0.416 e. The largest absolute Gasteiger partial charge is 0.506 e. The molecule has 0 saturated carbocycles. The first-order chi connectivity index (χ1) is 16.6. The molecular formula is C23H19ClF3N3O5. The van der Waals surface area contributed by atoms with E-state index in [1.807, 2.05) is 0 Å². The molecular weight excluding hydrogens is 491 g/mol. The van der Waals surface area contributed by atoms with Crippen LogP contribution in [0.3, 0.4) is 0 Å². The van der Waals surface area contributed by atoms with Crippen molar-refractivity contribution in [2.75, 3.05) is 14.2 Å². The molecule has 0 aliphatic rings. The summed E-state index contributed by atoms with van der Waals surface area (Å²) in [5.41, 5.74) is 2.20. The van der Waals surface area contributed by atoms with Gasteiger partial charge in [-0.05, 0) is 42.5 Å². The summed E-state index contributed by atoms with van der Waals surface area (Å²) >= 11 is 5.80. The summed E-state index contributed by atoms with van der Waals surface area (Å²) in [5, 5.41) is 13.3. The number of amides is 1. The van der Waals surface area contributed by atoms with E-state index in [-0.39, 0.29) is 45.9 Å². The zero-order valence-corrected chi connectivity index (χ0v) is 19.1. The Kier molecular flexibility index (Phi) is 8.02. The van der Waals surface area contributed by atoms with E-state index in [2.05, 4.69) is 15.5 Å². The van der Waals surface area contributed by atoms with Crippen molar-refractivity contribution >= 4 is 23.7 Å². The van der Waals surface area contributed by atoms with Crippen molar-refractivity contribution in [3.8, 4) is 23.0 Å². The number of pyridine rings is 1. The Morgan fingerprint density at radius 3 is 2.43 bits per heavy atom. The second kappa shape index (κ2) is 11.0. The van der Waals surface area contributed by atoms with Crippen LogP contribution in [0.2, 0.25) is 5.02 Å². The number of phenolic OH excluding ortho intramolecular Hbond substituents is 1. The molecule has 0 aliphatic carbocycles. The van der Waals surface area contributed by atoms with Crippen molar-refractivity contribution in [3.63, 3.8) is 0 Å². The lowest BCUT2D eigenvalue weighted by Crippen LogP contribution is -2.17. The predicted octanol–water partition coefficient (Wildman–Crippen LogP) is 4.82. The zero-order chi connectivity index (χ0) is 25.6. The molecule has 0 bridgehead atoms. The molecule has 3 rings (SSSR count). The summed E-state index contributed by atoms with van der Waals surface area (Å²) in [7, 11) is 2.75. The third-order valence-electron chi connectivity index (χ3n) is 4.58. The van der Waals surface area contributed by atoms with Gasteiger partial charge in [0.15, 0.2) is 11.5 Å². The lowest BCUT2D eigenvalue weighted by molar-refractivity contribution is -0.137. The minimum absolute atomic E-state index is 0.0204. The molecule has 1 amide bonds. The average Bonchev–Trinajstić information content (AvgIpc) is 2.83. The Morgan fingerprint density at radius 1 is 1.14 bits per heavy atom. The van der Waals surface area contributed by atoms with Crippen molar-refractivity contribution in [1.82, 2.24) is 10.4 Å². The Labute approximate surface area is 202 Å². The second-order valence-corrected chi connectivity index (χ2v) is 7.35. The van der Waals surface area contributed by atoms with Crippen LogP contribution >= 0.6 is 11.6 Å². The van der Waals surface area contributed by atoms with Gasteiger partial charge in [-0.15, -0.1) is 0 Å². The van der Waals surface area contributed by atoms with Gasteiger partial charge >= 0.3 is 6.18 Å². The number of aromatic hydroxyl groups is 1. The maximum atomic E-state index is 12.9. The molecule has 0 fully saturated rings. The molecule has 35 heavy (non-hydrogen) atoms. The van der Waals surface area contributed by atoms with E-state index in [0.717, 1.165) is 18.3 Å². The molecule has 0 aliphatic heterocycles. The number of alkyl halides is 3. The first-order valence-corrected chi connectivity index (χ1v) is 10.2. The number of methoxy groups -OCH3 is 2. The number of phenols is 1. The predicted molar refractivity (Wildman–Crippen MR) is 121 cm³/mol. The summed E-state index contributed by atoms with van der Waals surface area (Å²) in [6.07, 6.45) is -2.13. The van der Waals surface area contributed by atoms with Crippen LogP contribution in [-0.2, 0) is 12.8 Å². The molecule has 8 nitrogen and oxygen atoms in total. The Hall–Kier alpha value is -3.99. The van der Waals surface area contributed by atoms with E-state index in [4.69, 9.17) is 25.8 Å². The van der Waals surface area contributed by atoms with Crippen LogP contribution in [-0.4, -0.2) is 36.4 Å². The number of halogens is 4. The highest BCUT2D eigenvalue weighted by Crippen LogP contribution is 2.39. The molecule has 3 aromatic rings. The fourth-order valence-corrected chi connectivity index (χ4v) is 3.06. The average molecular weight is 510 g/mol. The van der Waals surface area contributed by atoms with Gasteiger partial charge < -0.3 is 19.3 Å². The highest BCUT2D eigenvalue weighted by atomic mass is 35.5. The quantitative estimate of drug-likeness (QED) is 0.333. The number of rotatable bonds is 8. The lowest BCUT2D eigenvalue weighted by Gasteiger charge is -2.15. The van der Waals surface area contributed by atoms with Gasteiger partial charge in [-0.1, -0.05) is 11.6 Å². The number of benzene rings is 2. The molecule has 0 spiro atoms. The summed E-state index contributed by atoms with van der Waals surface area (Å²) in [6, 6.07) is 8.78. The van der Waals surface area contributed by atoms with Crippen LogP contribution in [0.25, 0.3) is 0 Å². The van der Waals surface area contributed by atoms with Crippen LogP contribution in [0.15, 0.2) is 53.8 Å². The standard InChI is InChI=1S/C23H19ClF3N3O5/c1-33-19-7-13(11-29-30-22(32)14-3-4-18(31)17(24)9-14)8-20(34-2)21(19)35-12-16-10-15(5-6-28-16)23(25,26)27/h3-11,31H,12H2,1-2H3,(H,30,32). The highest BCUT2D eigenvalue weighted by Gasteiger charge is 2.30. The fourth-order valence-electron chi connectivity index (χ4n) is 2.87. The number of aromatic nitrogens is 1. The van der Waals surface area contributed by atoms with Crippen LogP contribution in [0.5, 0.6) is 23.0 Å². The van der Waals surface area contributed by atoms with Crippen LogP contribution in [0.4, 0.5) is 13.2 Å². The molecule has 0 unspecified atom stereocenters. The molecule has 1 aromatic heterocycles. The topological polar surface area (TPSA) is 102 Å². The Balaban J connectivity index is 1.75. The minimum atomic E-state index is -4.50. The number of nitrogens with one attached hydrogen (secondary N) is 1. The second-order valence-electron chi connectivity index (χ2n) is 6.94. The molecule has 0 saturated heterocycles. The third kappa shape index (κ3) is 6.54. The monoisotopic (exact) mass is 509 g/mol. The number of hydrazone groups is 1. The molecule has 2 aromatic carbocycles. The van der Waals surface area contributed by atoms with Gasteiger partial charge in [0.25, 0.3) is 5.91 Å². The first kappa shape index (κ1) is 25.6. The van der Waals surface area contributed by atoms with E-state index in [1.54, 1.807) is 0 Å². The number of carbonyl (C=O) groups excluding carboxylic acids is 1. The first-order valence-electron chi connectivity index (χ1n) is 9.85. The van der Waals surface area contributed by atoms with Gasteiger partial charge in [-0.2, -0.15) is 18.3 Å². The van der Waals surface area contributed by atoms with E-state index < -0.39 is 17.6 Å². The molecule has 0 radical (unpaired) electrons. The van der Waals surface area contributed by atoms with Crippen molar-refractivity contribution in [3.05, 3.63) is 76.1 Å². The minimum Gasteiger partial charge on any atom is -0.506 e. The summed E-state index contributed by atoms with van der Waals surface area (Å²) in [4.78, 5) is 16.1. The summed E-state index contributed by atoms with van der Waals surface area (Å²) in [5.74, 6) is -0.134. The van der Waals surface area contributed by atoms with Crippen LogP contribution in [0.1, 0.15) is 27.2 Å². The SMILES string of the molecule is COc1cc(C=NNC(=O)c2ccc(O)c(Cl)c2)cc(OC)c1OCc1cc(C(F)(F)F)ccn1. The van der Waals surface area contributed by atoms with Crippen molar-refractivity contribution in [1.29, 1.82) is 0 Å². The highest BCUT2D eigenvalue weighted by molar-refractivity contribution is 6.32. The van der Waals surface area contributed by atoms with Crippen LogP contribution in [0, 0.1) is 0 Å². The summed E-state index contributed by atoms with van der Waals surface area (Å²) in [6.45, 7) is -0.269. The Morgan fingerprint density at radius 2 is 1.83 bits per heavy atom. The van der Waals surface area contributed by atoms with Crippen molar-refractivity contribution < 1.29 is 37.3 Å². The van der Waals surface area contributed by atoms with Crippen molar-refractivity contribution in [2.45, 2.75) is 12.8 Å². The molecule has 1 heterocycles. The molecule has 184 valence electrons. The number of hydrogen-bond donors (Lipinski definition) is 2. The third-order valence-corrected chi connectivity index (χ3v) is 4.88. The molecule has 0 atom stereocenters. The van der Waals surface area contributed by atoms with Gasteiger partial charge in [-0.3, -0.25) is 9.78 Å². The van der Waals surface area contributed by atoms with E-state index in [0.29, 0.717) is 5.56 Å². The summed E-state index contributed by atoms with van der Waals surface area (Å²) < 4.78 is 55.1. The van der Waals surface area contributed by atoms with Gasteiger partial charge in [0, 0.05) is 17.3 Å². The van der Waals surface area contributed by atoms with E-state index in [9.17, 15) is 23.1 Å². The van der Waals surface area contributed by atoms with Gasteiger partial charge in [0.1, 0.15) is 12.4 Å². The van der Waals surface area contributed by atoms with Crippen LogP contribution < -0.4 is 19.6 Å². The van der Waals surface area contributed by atoms with Gasteiger partial charge in [0.05, 0.1) is 36.7 Å². The normalized spacial score (nSPS) is 11.4. The maximum Gasteiger partial charge on any atom is 0.416 e.